The monoisotopic (exact) mass is 319 g/mol. The van der Waals surface area contributed by atoms with Crippen LogP contribution >= 0.6 is 0 Å². The largest absolute Gasteiger partial charge is 0.455 e. The lowest BCUT2D eigenvalue weighted by Crippen LogP contribution is -2.20. The Balaban J connectivity index is 2.04. The van der Waals surface area contributed by atoms with E-state index in [1.807, 2.05) is 6.07 Å². The standard InChI is InChI=1S/C17H18FNO4/c1-21-10-11-22-12-16(20)19-17-14(18)8-5-9-15(17)23-13-6-3-2-4-7-13/h2-9H,10-12H2,1H3,(H,19,20). The van der Waals surface area contributed by atoms with E-state index in [0.29, 0.717) is 12.4 Å². The van der Waals surface area contributed by atoms with Crippen LogP contribution in [-0.2, 0) is 14.3 Å². The van der Waals surface area contributed by atoms with Crippen molar-refractivity contribution < 1.29 is 23.4 Å². The molecule has 0 heterocycles. The second-order valence-electron chi connectivity index (χ2n) is 4.62. The van der Waals surface area contributed by atoms with E-state index in [4.69, 9.17) is 14.2 Å². The van der Waals surface area contributed by atoms with Crippen LogP contribution in [0.2, 0.25) is 0 Å². The molecule has 0 atom stereocenters. The second-order valence-corrected chi connectivity index (χ2v) is 4.62. The number of carbonyl (C=O) groups is 1. The van der Waals surface area contributed by atoms with E-state index in [1.54, 1.807) is 30.3 Å². The van der Waals surface area contributed by atoms with Crippen molar-refractivity contribution in [1.29, 1.82) is 0 Å². The number of hydrogen-bond acceptors (Lipinski definition) is 4. The van der Waals surface area contributed by atoms with Crippen LogP contribution in [0.15, 0.2) is 48.5 Å². The van der Waals surface area contributed by atoms with Crippen LogP contribution in [0.3, 0.4) is 0 Å². The molecular weight excluding hydrogens is 301 g/mol. The maximum atomic E-state index is 14.0. The number of nitrogens with one attached hydrogen (secondary N) is 1. The first-order valence-corrected chi connectivity index (χ1v) is 7.08. The molecule has 1 amide bonds. The van der Waals surface area contributed by atoms with E-state index in [-0.39, 0.29) is 24.7 Å². The smallest absolute Gasteiger partial charge is 0.250 e. The number of anilines is 1. The molecule has 0 aliphatic rings. The first-order chi connectivity index (χ1) is 11.2. The summed E-state index contributed by atoms with van der Waals surface area (Å²) in [6.07, 6.45) is 0. The van der Waals surface area contributed by atoms with Gasteiger partial charge in [0.25, 0.3) is 5.91 Å². The summed E-state index contributed by atoms with van der Waals surface area (Å²) in [6.45, 7) is 0.479. The highest BCUT2D eigenvalue weighted by Crippen LogP contribution is 2.31. The molecule has 0 aliphatic heterocycles. The summed E-state index contributed by atoms with van der Waals surface area (Å²) in [7, 11) is 1.54. The lowest BCUT2D eigenvalue weighted by atomic mass is 10.2. The number of benzene rings is 2. The van der Waals surface area contributed by atoms with Crippen molar-refractivity contribution in [3.8, 4) is 11.5 Å². The van der Waals surface area contributed by atoms with E-state index in [9.17, 15) is 9.18 Å². The third kappa shape index (κ3) is 5.36. The number of rotatable bonds is 8. The SMILES string of the molecule is COCCOCC(=O)Nc1c(F)cccc1Oc1ccccc1. The lowest BCUT2D eigenvalue weighted by molar-refractivity contribution is -0.121. The summed E-state index contributed by atoms with van der Waals surface area (Å²) >= 11 is 0. The summed E-state index contributed by atoms with van der Waals surface area (Å²) < 4.78 is 29.5. The summed E-state index contributed by atoms with van der Waals surface area (Å²) in [6, 6.07) is 13.3. The summed E-state index contributed by atoms with van der Waals surface area (Å²) in [5.74, 6) is -0.279. The van der Waals surface area contributed by atoms with Gasteiger partial charge in [-0.2, -0.15) is 0 Å². The number of para-hydroxylation sites is 2. The zero-order chi connectivity index (χ0) is 16.5. The lowest BCUT2D eigenvalue weighted by Gasteiger charge is -2.13. The fourth-order valence-electron chi connectivity index (χ4n) is 1.81. The third-order valence-electron chi connectivity index (χ3n) is 2.88. The molecule has 0 spiro atoms. The van der Waals surface area contributed by atoms with Gasteiger partial charge in [-0.3, -0.25) is 4.79 Å². The maximum Gasteiger partial charge on any atom is 0.250 e. The molecule has 0 saturated heterocycles. The molecule has 2 aromatic rings. The molecule has 2 aromatic carbocycles. The van der Waals surface area contributed by atoms with E-state index in [2.05, 4.69) is 5.32 Å². The van der Waals surface area contributed by atoms with Gasteiger partial charge in [-0.1, -0.05) is 24.3 Å². The summed E-state index contributed by atoms with van der Waals surface area (Å²) in [4.78, 5) is 11.8. The van der Waals surface area contributed by atoms with Gasteiger partial charge in [0.15, 0.2) is 11.6 Å². The van der Waals surface area contributed by atoms with Crippen molar-refractivity contribution in [3.05, 3.63) is 54.3 Å². The number of carbonyl (C=O) groups excluding carboxylic acids is 1. The molecule has 0 saturated carbocycles. The number of methoxy groups -OCH3 is 1. The maximum absolute atomic E-state index is 14.0. The van der Waals surface area contributed by atoms with Gasteiger partial charge in [0, 0.05) is 7.11 Å². The first kappa shape index (κ1) is 16.9. The average Bonchev–Trinajstić information content (AvgIpc) is 2.56. The molecule has 0 bridgehead atoms. The van der Waals surface area contributed by atoms with Crippen LogP contribution in [0.5, 0.6) is 11.5 Å². The van der Waals surface area contributed by atoms with Crippen LogP contribution in [0.4, 0.5) is 10.1 Å². The Kier molecular flexibility index (Phi) is 6.53. The first-order valence-electron chi connectivity index (χ1n) is 7.08. The zero-order valence-electron chi connectivity index (χ0n) is 12.8. The number of halogens is 1. The van der Waals surface area contributed by atoms with Crippen molar-refractivity contribution in [2.45, 2.75) is 0 Å². The minimum atomic E-state index is -0.580. The second kappa shape index (κ2) is 8.87. The molecule has 0 aliphatic carbocycles. The van der Waals surface area contributed by atoms with Crippen molar-refractivity contribution in [1.82, 2.24) is 0 Å². The Morgan fingerprint density at radius 3 is 2.61 bits per heavy atom. The van der Waals surface area contributed by atoms with Crippen LogP contribution in [0.1, 0.15) is 0 Å². The van der Waals surface area contributed by atoms with E-state index < -0.39 is 11.7 Å². The third-order valence-corrected chi connectivity index (χ3v) is 2.88. The minimum Gasteiger partial charge on any atom is -0.455 e. The van der Waals surface area contributed by atoms with Crippen LogP contribution < -0.4 is 10.1 Å². The predicted octanol–water partition coefficient (Wildman–Crippen LogP) is 3.22. The molecule has 0 radical (unpaired) electrons. The van der Waals surface area contributed by atoms with E-state index in [0.717, 1.165) is 0 Å². The molecule has 6 heteroatoms. The number of hydrogen-bond donors (Lipinski definition) is 1. The molecule has 122 valence electrons. The highest BCUT2D eigenvalue weighted by atomic mass is 19.1. The molecule has 0 unspecified atom stereocenters. The minimum absolute atomic E-state index is 0.0169. The van der Waals surface area contributed by atoms with E-state index in [1.165, 1.54) is 19.2 Å². The van der Waals surface area contributed by atoms with Gasteiger partial charge in [0.05, 0.1) is 13.2 Å². The molecule has 2 rings (SSSR count). The topological polar surface area (TPSA) is 56.8 Å². The Hall–Kier alpha value is -2.44. The molecular formula is C17H18FNO4. The highest BCUT2D eigenvalue weighted by molar-refractivity contribution is 5.93. The fraction of sp³-hybridized carbons (Fsp3) is 0.235. The van der Waals surface area contributed by atoms with Crippen LogP contribution in [0.25, 0.3) is 0 Å². The Labute approximate surface area is 134 Å². The van der Waals surface area contributed by atoms with Crippen molar-refractivity contribution >= 4 is 11.6 Å². The summed E-state index contributed by atoms with van der Waals surface area (Å²) in [5.41, 5.74) is -0.0169. The van der Waals surface area contributed by atoms with Crippen LogP contribution in [-0.4, -0.2) is 32.8 Å². The van der Waals surface area contributed by atoms with Gasteiger partial charge < -0.3 is 19.5 Å². The average molecular weight is 319 g/mol. The molecule has 0 fully saturated rings. The van der Waals surface area contributed by atoms with Crippen molar-refractivity contribution in [2.24, 2.45) is 0 Å². The predicted molar refractivity (Wildman–Crippen MR) is 84.2 cm³/mol. The Morgan fingerprint density at radius 2 is 1.87 bits per heavy atom. The van der Waals surface area contributed by atoms with Crippen LogP contribution in [0, 0.1) is 5.82 Å². The Morgan fingerprint density at radius 1 is 1.09 bits per heavy atom. The quantitative estimate of drug-likeness (QED) is 0.759. The Bertz CT molecular complexity index is 634. The van der Waals surface area contributed by atoms with Crippen molar-refractivity contribution in [2.75, 3.05) is 32.2 Å². The number of ether oxygens (including phenoxy) is 3. The molecule has 1 N–H and O–H groups in total. The summed E-state index contributed by atoms with van der Waals surface area (Å²) in [5, 5.41) is 2.47. The van der Waals surface area contributed by atoms with Gasteiger partial charge in [-0.15, -0.1) is 0 Å². The molecule has 0 aromatic heterocycles. The molecule has 23 heavy (non-hydrogen) atoms. The van der Waals surface area contributed by atoms with Gasteiger partial charge in [-0.25, -0.2) is 4.39 Å². The highest BCUT2D eigenvalue weighted by Gasteiger charge is 2.13. The number of amides is 1. The van der Waals surface area contributed by atoms with Gasteiger partial charge in [0.2, 0.25) is 0 Å². The van der Waals surface area contributed by atoms with E-state index >= 15 is 0 Å². The fourth-order valence-corrected chi connectivity index (χ4v) is 1.81. The van der Waals surface area contributed by atoms with Gasteiger partial charge in [-0.05, 0) is 24.3 Å². The zero-order valence-corrected chi connectivity index (χ0v) is 12.8. The normalized spacial score (nSPS) is 10.3. The van der Waals surface area contributed by atoms with Gasteiger partial charge >= 0.3 is 0 Å². The van der Waals surface area contributed by atoms with Gasteiger partial charge in [0.1, 0.15) is 18.0 Å². The van der Waals surface area contributed by atoms with Crippen molar-refractivity contribution in [3.63, 3.8) is 0 Å². The molecule has 5 nitrogen and oxygen atoms in total.